The Morgan fingerprint density at radius 2 is 0.939 bits per heavy atom. The second-order valence-electron chi connectivity index (χ2n) is 32.1. The molecule has 0 aliphatic heterocycles. The first-order valence-corrected chi connectivity index (χ1v) is 40.0. The van der Waals surface area contributed by atoms with Crippen molar-refractivity contribution >= 4 is 116 Å². The van der Waals surface area contributed by atoms with Crippen molar-refractivity contribution in [2.75, 3.05) is 37.1 Å². The summed E-state index contributed by atoms with van der Waals surface area (Å²) in [5.41, 5.74) is 3.18. The van der Waals surface area contributed by atoms with E-state index in [4.69, 9.17) is 69.8 Å². The van der Waals surface area contributed by atoms with Crippen molar-refractivity contribution in [2.45, 2.75) is 169 Å². The van der Waals surface area contributed by atoms with Gasteiger partial charge in [-0.2, -0.15) is 10.2 Å². The summed E-state index contributed by atoms with van der Waals surface area (Å²) in [6.45, 7) is 9.15. The number of carbonyl (C=O) groups excluding carboxylic acids is 6. The van der Waals surface area contributed by atoms with Crippen molar-refractivity contribution in [3.63, 3.8) is 0 Å². The van der Waals surface area contributed by atoms with Crippen molar-refractivity contribution in [1.29, 1.82) is 0 Å². The van der Waals surface area contributed by atoms with Crippen LogP contribution in [-0.2, 0) is 19.2 Å². The van der Waals surface area contributed by atoms with E-state index in [1.165, 1.54) is 59.9 Å². The summed E-state index contributed by atoms with van der Waals surface area (Å²) >= 11 is 24.4. The summed E-state index contributed by atoms with van der Waals surface area (Å²) in [7, 11) is 0. The number of nitrogens with zero attached hydrogens (tertiary/aromatic N) is 6. The van der Waals surface area contributed by atoms with Gasteiger partial charge in [0, 0.05) is 91.6 Å². The molecule has 12 aliphatic carbocycles. The Bertz CT molecular complexity index is 5370. The molecule has 12 aliphatic rings. The van der Waals surface area contributed by atoms with Crippen LogP contribution in [0.25, 0.3) is 11.3 Å². The number of aryl methyl sites for hydroxylation is 4. The number of halogens is 7. The molecule has 0 spiro atoms. The number of aromatic nitrogens is 6. The molecule has 4 aromatic carbocycles. The molecule has 6 amide bonds. The minimum Gasteiger partial charge on any atom is -0.484 e. The highest BCUT2D eigenvalue weighted by Crippen LogP contribution is 2.63. The lowest BCUT2D eigenvalue weighted by atomic mass is 9.44. The monoisotopic (exact) mass is 1670 g/mol. The first kappa shape index (κ1) is 79.9. The van der Waals surface area contributed by atoms with Crippen LogP contribution in [0.1, 0.15) is 139 Å². The molecule has 0 radical (unpaired) electrons. The Hall–Kier alpha value is -10.3. The number of furan rings is 1. The lowest BCUT2D eigenvalue weighted by molar-refractivity contribution is -0.141. The van der Waals surface area contributed by atoms with Crippen LogP contribution in [0, 0.1) is 51.1 Å². The fourth-order valence-electron chi connectivity index (χ4n) is 17.7. The zero-order valence-electron chi connectivity index (χ0n) is 63.3. The normalized spacial score (nSPS) is 25.4. The molecule has 1 atom stereocenters. The standard InChI is InChI=1S/C22H24ClFN2O3S.C20H19ClFN5O2.C20H20ClFN2O4.C20H20ClN5O2/c1-14-12-21(26-20(28)18-3-2-10-30-18)6-8-22(14,9-7-21)25-19(27)13-29-15-4-5-16(23)17(24)11-15;1-12-7-23-27-5-4-16(24-18(12)27)25-19-9-20(10-19,11-19)26-17(28)8-29-13-2-3-14(21)15(22)6-13;1-11-5-16(28-12(11)2)18(26)24-20-8-19(9-20,10-20)23-17(25)7-27-13-3-4-14(21)15(22)6-13;1-13-8-14(2-3-15(13)21)28-9-18(27)25-20-10-19(11-20,12-20)24-16-5-7-26-17(23-16)4-6-22-26/h2-5,10-11,14H,6-9,12-13H2,1H3,(H,25,27)(H,26,28);2-7H,8-11H2,1H3,(H,24,25)(H,26,28);3-6H,7-10H2,1-2H3,(H,23,25)(H,24,26);2-8H,9-12H2,1H3,(H,23,24)(H,25,27). The number of amides is 6. The van der Waals surface area contributed by atoms with E-state index in [1.54, 1.807) is 39.6 Å². The Morgan fingerprint density at radius 3 is 1.40 bits per heavy atom. The van der Waals surface area contributed by atoms with Gasteiger partial charge in [0.25, 0.3) is 35.4 Å². The Balaban J connectivity index is 0.000000121. The molecule has 115 heavy (non-hydrogen) atoms. The number of benzene rings is 4. The number of hydrogen-bond acceptors (Lipinski definition) is 18. The molecule has 8 bridgehead atoms. The van der Waals surface area contributed by atoms with Gasteiger partial charge in [0.15, 0.2) is 43.5 Å². The first-order valence-electron chi connectivity index (χ1n) is 37.6. The van der Waals surface area contributed by atoms with Gasteiger partial charge in [-0.3, -0.25) is 28.8 Å². The molecule has 8 N–H and O–H groups in total. The fraction of sp³-hybridized carbons (Fsp3) is 0.390. The second-order valence-corrected chi connectivity index (χ2v) is 34.7. The number of anilines is 2. The van der Waals surface area contributed by atoms with Crippen molar-refractivity contribution in [1.82, 2.24) is 61.1 Å². The summed E-state index contributed by atoms with van der Waals surface area (Å²) in [6, 6.07) is 28.7. The van der Waals surface area contributed by atoms with Crippen LogP contribution in [0.15, 0.2) is 144 Å². The maximum atomic E-state index is 13.5. The van der Waals surface area contributed by atoms with Gasteiger partial charge in [0.1, 0.15) is 57.8 Å². The topological polar surface area (TPSA) is 309 Å². The summed E-state index contributed by atoms with van der Waals surface area (Å²) in [5, 5.41) is 36.6. The number of ether oxygens (including phenoxy) is 4. The van der Waals surface area contributed by atoms with Crippen molar-refractivity contribution in [2.24, 2.45) is 5.92 Å². The minimum absolute atomic E-state index is 0.00196. The number of nitrogens with one attached hydrogen (secondary N) is 8. The summed E-state index contributed by atoms with van der Waals surface area (Å²) in [5.74, 6) is 1.51. The molecule has 10 aromatic rings. The Kier molecular flexibility index (Phi) is 21.8. The Morgan fingerprint density at radius 1 is 0.487 bits per heavy atom. The zero-order chi connectivity index (χ0) is 81.0. The minimum atomic E-state index is -0.598. The number of thiophene rings is 1. The lowest BCUT2D eigenvalue weighted by Gasteiger charge is -2.70. The van der Waals surface area contributed by atoms with E-state index in [2.05, 4.69) is 69.6 Å². The van der Waals surface area contributed by atoms with Crippen molar-refractivity contribution in [3.8, 4) is 23.0 Å². The molecule has 33 heteroatoms. The number of hydrogen-bond donors (Lipinski definition) is 8. The molecule has 602 valence electrons. The molecular weight excluding hydrogens is 1590 g/mol. The zero-order valence-corrected chi connectivity index (χ0v) is 67.2. The van der Waals surface area contributed by atoms with E-state index in [0.29, 0.717) is 35.8 Å². The number of fused-ring (bicyclic) bond motifs is 5. The van der Waals surface area contributed by atoms with E-state index in [0.717, 1.165) is 127 Å². The largest absolute Gasteiger partial charge is 0.484 e. The SMILES string of the molecule is CC1CC2(NC(=O)c3cccs3)CCC1(NC(=O)COc1ccc(Cl)c(F)c1)CC2.Cc1cc(C(=O)NC23CC(NC(=O)COc4ccc(Cl)c(F)c4)(C2)C3)oc1C.Cc1cc(OCC(=O)NC23CC(Nc4ccn5nccc5n4)(C2)C3)ccc1Cl.Cc1cnn2ccc(NC34CC(NC(=O)COc5ccc(Cl)c(F)c5)(C3)C4)nc12. The van der Waals surface area contributed by atoms with Crippen LogP contribution in [0.4, 0.5) is 24.8 Å². The van der Waals surface area contributed by atoms with Crippen LogP contribution >= 0.6 is 57.7 Å². The second kappa shape index (κ2) is 31.4. The summed E-state index contributed by atoms with van der Waals surface area (Å²) in [4.78, 5) is 84.0. The van der Waals surface area contributed by atoms with Crippen LogP contribution in [0.5, 0.6) is 23.0 Å². The van der Waals surface area contributed by atoms with Crippen LogP contribution < -0.4 is 61.5 Å². The third kappa shape index (κ3) is 17.3. The van der Waals surface area contributed by atoms with E-state index >= 15 is 0 Å². The van der Waals surface area contributed by atoms with Gasteiger partial charge in [-0.1, -0.05) is 59.4 Å². The van der Waals surface area contributed by atoms with Gasteiger partial charge in [-0.25, -0.2) is 32.2 Å². The van der Waals surface area contributed by atoms with Crippen molar-refractivity contribution < 1.29 is 65.3 Å². The third-order valence-electron chi connectivity index (χ3n) is 23.2. The molecule has 6 heterocycles. The predicted octanol–water partition coefficient (Wildman–Crippen LogP) is 13.9. The molecule has 22 rings (SSSR count). The molecule has 0 saturated heterocycles. The van der Waals surface area contributed by atoms with E-state index in [-0.39, 0.29) is 144 Å². The van der Waals surface area contributed by atoms with Crippen LogP contribution in [0.2, 0.25) is 20.1 Å². The lowest BCUT2D eigenvalue weighted by Crippen LogP contribution is -2.84. The van der Waals surface area contributed by atoms with Gasteiger partial charge < -0.3 is 65.9 Å². The highest BCUT2D eigenvalue weighted by atomic mass is 35.5. The predicted molar refractivity (Wildman–Crippen MR) is 426 cm³/mol. The van der Waals surface area contributed by atoms with Crippen LogP contribution in [-0.4, -0.2) is 135 Å². The highest BCUT2D eigenvalue weighted by Gasteiger charge is 2.71. The van der Waals surface area contributed by atoms with E-state index < -0.39 is 17.5 Å². The quantitative estimate of drug-likeness (QED) is 0.0279. The summed E-state index contributed by atoms with van der Waals surface area (Å²) in [6.07, 6.45) is 18.6. The molecule has 1 unspecified atom stereocenters. The van der Waals surface area contributed by atoms with Crippen molar-refractivity contribution in [3.05, 3.63) is 210 Å². The third-order valence-corrected chi connectivity index (χ3v) is 25.4. The molecule has 25 nitrogen and oxygen atoms in total. The van der Waals surface area contributed by atoms with Gasteiger partial charge in [0.05, 0.1) is 32.3 Å². The van der Waals surface area contributed by atoms with Gasteiger partial charge >= 0.3 is 0 Å². The first-order chi connectivity index (χ1) is 54.8. The molecular formula is C82H83Cl4F3N14O11S. The Labute approximate surface area is 683 Å². The highest BCUT2D eigenvalue weighted by molar-refractivity contribution is 7.12. The summed E-state index contributed by atoms with van der Waals surface area (Å²) < 4.78 is 70.9. The molecule has 12 saturated carbocycles. The number of carbonyl (C=O) groups is 6. The van der Waals surface area contributed by atoms with Gasteiger partial charge in [-0.15, -0.1) is 11.3 Å². The molecule has 12 fully saturated rings. The average molecular weight is 1670 g/mol. The van der Waals surface area contributed by atoms with Crippen LogP contribution in [0.3, 0.4) is 0 Å². The van der Waals surface area contributed by atoms with E-state index in [1.807, 2.05) is 81.9 Å². The number of rotatable bonds is 24. The fourth-order valence-corrected chi connectivity index (χ4v) is 18.8. The smallest absolute Gasteiger partial charge is 0.287 e. The average Bonchev–Trinajstić information content (AvgIpc) is 1.12. The van der Waals surface area contributed by atoms with E-state index in [9.17, 15) is 41.9 Å². The van der Waals surface area contributed by atoms with Gasteiger partial charge in [-0.05, 0) is 219 Å². The maximum Gasteiger partial charge on any atom is 0.287 e. The molecule has 6 aromatic heterocycles. The maximum absolute atomic E-state index is 13.5. The van der Waals surface area contributed by atoms with Gasteiger partial charge in [0.2, 0.25) is 0 Å².